The van der Waals surface area contributed by atoms with Crippen LogP contribution in [-0.4, -0.2) is 31.9 Å². The minimum atomic E-state index is -0.157. The van der Waals surface area contributed by atoms with Crippen LogP contribution >= 0.6 is 0 Å². The van der Waals surface area contributed by atoms with E-state index in [1.807, 2.05) is 53.0 Å². The molecule has 0 bridgehead atoms. The Kier molecular flexibility index (Phi) is 4.74. The molecule has 29 heavy (non-hydrogen) atoms. The molecule has 2 aromatic heterocycles. The number of hydrogen-bond donors (Lipinski definition) is 2. The van der Waals surface area contributed by atoms with Gasteiger partial charge in [0, 0.05) is 17.2 Å². The van der Waals surface area contributed by atoms with Crippen LogP contribution in [-0.2, 0) is 0 Å². The first kappa shape index (κ1) is 17.9. The first-order chi connectivity index (χ1) is 14.3. The molecule has 0 atom stereocenters. The Morgan fingerprint density at radius 2 is 1.45 bits per heavy atom. The Labute approximate surface area is 170 Å². The number of nitrogens with zero attached hydrogens (tertiary/aromatic N) is 3. The monoisotopic (exact) mass is 384 g/mol. The van der Waals surface area contributed by atoms with Crippen molar-refractivity contribution in [3.8, 4) is 22.5 Å². The summed E-state index contributed by atoms with van der Waals surface area (Å²) in [6.07, 6.45) is 3.46. The summed E-state index contributed by atoms with van der Waals surface area (Å²) in [5.74, 6) is 0.841. The number of aromatic nitrogens is 3. The highest BCUT2D eigenvalue weighted by molar-refractivity contribution is 5.81. The van der Waals surface area contributed by atoms with Crippen LogP contribution in [0.1, 0.15) is 25.7 Å². The lowest BCUT2D eigenvalue weighted by molar-refractivity contribution is 0.126. The van der Waals surface area contributed by atoms with Crippen LogP contribution in [0, 0.1) is 0 Å². The Hall–Kier alpha value is -3.18. The molecule has 5 nitrogen and oxygen atoms in total. The topological polar surface area (TPSA) is 62.5 Å². The molecule has 0 spiro atoms. The third kappa shape index (κ3) is 3.61. The molecule has 0 unspecified atom stereocenters. The van der Waals surface area contributed by atoms with E-state index >= 15 is 0 Å². The van der Waals surface area contributed by atoms with Gasteiger partial charge in [0.15, 0.2) is 5.65 Å². The van der Waals surface area contributed by atoms with Gasteiger partial charge in [0.05, 0.1) is 11.8 Å². The van der Waals surface area contributed by atoms with E-state index in [9.17, 15) is 5.11 Å². The van der Waals surface area contributed by atoms with Crippen LogP contribution in [0.25, 0.3) is 28.2 Å². The number of benzene rings is 2. The van der Waals surface area contributed by atoms with Gasteiger partial charge in [0.1, 0.15) is 11.5 Å². The zero-order valence-corrected chi connectivity index (χ0v) is 16.2. The Morgan fingerprint density at radius 3 is 2.14 bits per heavy atom. The van der Waals surface area contributed by atoms with Gasteiger partial charge in [-0.2, -0.15) is 0 Å². The zero-order valence-electron chi connectivity index (χ0n) is 16.2. The second-order valence-electron chi connectivity index (χ2n) is 7.68. The van der Waals surface area contributed by atoms with Gasteiger partial charge in [-0.25, -0.2) is 9.50 Å². The number of aliphatic hydroxyl groups excluding tert-OH is 1. The van der Waals surface area contributed by atoms with E-state index in [0.29, 0.717) is 6.04 Å². The second kappa shape index (κ2) is 7.68. The normalized spacial score (nSPS) is 19.3. The summed E-state index contributed by atoms with van der Waals surface area (Å²) in [4.78, 5) is 4.90. The SMILES string of the molecule is O[C@H]1CC[C@H](Nc2ccc3nc(-c4ccccc4)c(-c4ccccc4)n3n2)CC1. The largest absolute Gasteiger partial charge is 0.393 e. The molecule has 0 saturated heterocycles. The van der Waals surface area contributed by atoms with Crippen molar-refractivity contribution in [3.63, 3.8) is 0 Å². The maximum atomic E-state index is 9.75. The molecule has 2 aromatic carbocycles. The van der Waals surface area contributed by atoms with Crippen LogP contribution in [0.4, 0.5) is 5.82 Å². The van der Waals surface area contributed by atoms with Gasteiger partial charge in [-0.1, -0.05) is 60.7 Å². The second-order valence-corrected chi connectivity index (χ2v) is 7.68. The van der Waals surface area contributed by atoms with Crippen molar-refractivity contribution in [1.82, 2.24) is 14.6 Å². The van der Waals surface area contributed by atoms with Crippen molar-refractivity contribution in [2.24, 2.45) is 0 Å². The number of hydrogen-bond acceptors (Lipinski definition) is 4. The Balaban J connectivity index is 1.59. The van der Waals surface area contributed by atoms with E-state index in [1.54, 1.807) is 0 Å². The standard InChI is InChI=1S/C24H24N4O/c29-20-13-11-19(12-14-20)25-21-15-16-22-26-23(17-7-3-1-4-8-17)24(28(22)27-21)18-9-5-2-6-10-18/h1-10,15-16,19-20,29H,11-14H2,(H,25,27)/t19-,20-. The van der Waals surface area contributed by atoms with Crippen molar-refractivity contribution in [2.45, 2.75) is 37.8 Å². The smallest absolute Gasteiger partial charge is 0.155 e. The summed E-state index contributed by atoms with van der Waals surface area (Å²) in [6.45, 7) is 0. The number of aliphatic hydroxyl groups is 1. The zero-order chi connectivity index (χ0) is 19.6. The highest BCUT2D eigenvalue weighted by Crippen LogP contribution is 2.32. The molecule has 0 radical (unpaired) electrons. The molecule has 5 rings (SSSR count). The molecule has 146 valence electrons. The van der Waals surface area contributed by atoms with Gasteiger partial charge in [0.25, 0.3) is 0 Å². The summed E-state index contributed by atoms with van der Waals surface area (Å²) in [5, 5.41) is 18.2. The lowest BCUT2D eigenvalue weighted by atomic mass is 9.93. The molecule has 4 aromatic rings. The third-order valence-electron chi connectivity index (χ3n) is 5.62. The van der Waals surface area contributed by atoms with E-state index in [2.05, 4.69) is 29.6 Å². The van der Waals surface area contributed by atoms with Gasteiger partial charge >= 0.3 is 0 Å². The number of fused-ring (bicyclic) bond motifs is 1. The summed E-state index contributed by atoms with van der Waals surface area (Å²) >= 11 is 0. The summed E-state index contributed by atoms with van der Waals surface area (Å²) in [7, 11) is 0. The van der Waals surface area contributed by atoms with Crippen molar-refractivity contribution < 1.29 is 5.11 Å². The van der Waals surface area contributed by atoms with E-state index in [0.717, 1.165) is 59.7 Å². The van der Waals surface area contributed by atoms with Gasteiger partial charge in [-0.3, -0.25) is 0 Å². The van der Waals surface area contributed by atoms with E-state index in [1.165, 1.54) is 0 Å². The van der Waals surface area contributed by atoms with E-state index < -0.39 is 0 Å². The van der Waals surface area contributed by atoms with Gasteiger partial charge < -0.3 is 10.4 Å². The Bertz CT molecular complexity index is 1100. The van der Waals surface area contributed by atoms with Crippen LogP contribution in [0.15, 0.2) is 72.8 Å². The van der Waals surface area contributed by atoms with E-state index in [4.69, 9.17) is 10.1 Å². The van der Waals surface area contributed by atoms with Crippen molar-refractivity contribution in [3.05, 3.63) is 72.8 Å². The number of anilines is 1. The molecular weight excluding hydrogens is 360 g/mol. The van der Waals surface area contributed by atoms with Gasteiger partial charge in [-0.05, 0) is 37.8 Å². The number of imidazole rings is 1. The van der Waals surface area contributed by atoms with Crippen molar-refractivity contribution >= 4 is 11.5 Å². The summed E-state index contributed by atoms with van der Waals surface area (Å²) < 4.78 is 1.94. The lowest BCUT2D eigenvalue weighted by Gasteiger charge is -2.26. The van der Waals surface area contributed by atoms with Gasteiger partial charge in [-0.15, -0.1) is 5.10 Å². The molecule has 1 aliphatic rings. The highest BCUT2D eigenvalue weighted by Gasteiger charge is 2.21. The minimum absolute atomic E-state index is 0.157. The van der Waals surface area contributed by atoms with Gasteiger partial charge in [0.2, 0.25) is 0 Å². The van der Waals surface area contributed by atoms with Crippen LogP contribution in [0.2, 0.25) is 0 Å². The number of nitrogens with one attached hydrogen (secondary N) is 1. The Morgan fingerprint density at radius 1 is 0.793 bits per heavy atom. The predicted octanol–water partition coefficient (Wildman–Crippen LogP) is 4.78. The molecule has 0 aliphatic heterocycles. The van der Waals surface area contributed by atoms with Crippen molar-refractivity contribution in [1.29, 1.82) is 0 Å². The number of rotatable bonds is 4. The maximum Gasteiger partial charge on any atom is 0.155 e. The van der Waals surface area contributed by atoms with Crippen LogP contribution < -0.4 is 5.32 Å². The molecular formula is C24H24N4O. The molecule has 2 heterocycles. The van der Waals surface area contributed by atoms with Crippen LogP contribution in [0.5, 0.6) is 0 Å². The first-order valence-corrected chi connectivity index (χ1v) is 10.2. The molecule has 1 aliphatic carbocycles. The predicted molar refractivity (Wildman–Crippen MR) is 116 cm³/mol. The molecule has 0 amide bonds. The maximum absolute atomic E-state index is 9.75. The fourth-order valence-electron chi connectivity index (χ4n) is 4.09. The van der Waals surface area contributed by atoms with E-state index in [-0.39, 0.29) is 6.10 Å². The first-order valence-electron chi connectivity index (χ1n) is 10.2. The molecule has 5 heteroatoms. The molecule has 2 N–H and O–H groups in total. The summed E-state index contributed by atoms with van der Waals surface area (Å²) in [5.41, 5.74) is 4.92. The molecule has 1 fully saturated rings. The van der Waals surface area contributed by atoms with Crippen LogP contribution in [0.3, 0.4) is 0 Å². The third-order valence-corrected chi connectivity index (χ3v) is 5.62. The fourth-order valence-corrected chi connectivity index (χ4v) is 4.09. The average molecular weight is 384 g/mol. The fraction of sp³-hybridized carbons (Fsp3) is 0.250. The highest BCUT2D eigenvalue weighted by atomic mass is 16.3. The average Bonchev–Trinajstić information content (AvgIpc) is 3.15. The summed E-state index contributed by atoms with van der Waals surface area (Å²) in [6, 6.07) is 24.9. The quantitative estimate of drug-likeness (QED) is 0.532. The molecule has 1 saturated carbocycles. The lowest BCUT2D eigenvalue weighted by Crippen LogP contribution is -2.28. The van der Waals surface area contributed by atoms with Crippen molar-refractivity contribution in [2.75, 3.05) is 5.32 Å². The minimum Gasteiger partial charge on any atom is -0.393 e.